The first-order valence-corrected chi connectivity index (χ1v) is 10.8. The number of aromatic nitrogens is 2. The molecule has 2 aromatic carbocycles. The van der Waals surface area contributed by atoms with Crippen molar-refractivity contribution in [3.05, 3.63) is 71.5 Å². The lowest BCUT2D eigenvalue weighted by Crippen LogP contribution is -2.12. The van der Waals surface area contributed by atoms with Crippen LogP contribution in [0, 0.1) is 13.8 Å². The van der Waals surface area contributed by atoms with E-state index in [9.17, 15) is 13.2 Å². The number of amides is 1. The van der Waals surface area contributed by atoms with Gasteiger partial charge < -0.3 is 5.32 Å². The summed E-state index contributed by atoms with van der Waals surface area (Å²) < 4.78 is 24.8. The molecular formula is C21H23N3O3S. The summed E-state index contributed by atoms with van der Waals surface area (Å²) >= 11 is 0. The van der Waals surface area contributed by atoms with E-state index in [0.29, 0.717) is 18.5 Å². The minimum absolute atomic E-state index is 0.116. The Hall–Kier alpha value is -2.93. The van der Waals surface area contributed by atoms with Crippen LogP contribution in [-0.4, -0.2) is 30.4 Å². The number of hydrogen-bond acceptors (Lipinski definition) is 4. The second-order valence-electron chi connectivity index (χ2n) is 6.85. The number of carbonyl (C=O) groups excluding carboxylic acids is 1. The molecule has 0 bridgehead atoms. The smallest absolute Gasteiger partial charge is 0.224 e. The third-order valence-electron chi connectivity index (χ3n) is 4.40. The number of aryl methyl sites for hydroxylation is 3. The topological polar surface area (TPSA) is 81.1 Å². The Morgan fingerprint density at radius 1 is 1.04 bits per heavy atom. The molecule has 1 aromatic heterocycles. The van der Waals surface area contributed by atoms with Crippen molar-refractivity contribution < 1.29 is 13.2 Å². The average molecular weight is 398 g/mol. The zero-order chi connectivity index (χ0) is 20.3. The van der Waals surface area contributed by atoms with Crippen LogP contribution < -0.4 is 5.32 Å². The van der Waals surface area contributed by atoms with Crippen LogP contribution in [0.25, 0.3) is 5.69 Å². The number of sulfone groups is 1. The third-order valence-corrected chi connectivity index (χ3v) is 5.53. The van der Waals surface area contributed by atoms with Gasteiger partial charge in [-0.05, 0) is 68.3 Å². The fourth-order valence-electron chi connectivity index (χ4n) is 2.96. The summed E-state index contributed by atoms with van der Waals surface area (Å²) in [6.07, 6.45) is 2.11. The van der Waals surface area contributed by atoms with Gasteiger partial charge in [0.2, 0.25) is 5.91 Å². The molecule has 146 valence electrons. The fraction of sp³-hybridized carbons (Fsp3) is 0.238. The fourth-order valence-corrected chi connectivity index (χ4v) is 3.59. The van der Waals surface area contributed by atoms with Gasteiger partial charge in [0.25, 0.3) is 0 Å². The second-order valence-corrected chi connectivity index (χ2v) is 8.87. The standard InChI is InChI=1S/C21H23N3O3S/c1-15-14-16(2)24(23-15)19-9-4-17(5-10-19)6-13-21(25)22-18-7-11-20(12-8-18)28(3,26)27/h4-5,7-12,14H,6,13H2,1-3H3,(H,22,25). The van der Waals surface area contributed by atoms with Crippen molar-refractivity contribution in [3.8, 4) is 5.69 Å². The number of carbonyl (C=O) groups is 1. The van der Waals surface area contributed by atoms with Gasteiger partial charge in [-0.2, -0.15) is 5.10 Å². The molecule has 6 nitrogen and oxygen atoms in total. The first-order chi connectivity index (χ1) is 13.2. The predicted octanol–water partition coefficient (Wildman–Crippen LogP) is 3.46. The summed E-state index contributed by atoms with van der Waals surface area (Å²) in [5.41, 5.74) is 4.68. The van der Waals surface area contributed by atoms with Crippen molar-refractivity contribution in [3.63, 3.8) is 0 Å². The normalized spacial score (nSPS) is 11.4. The minimum atomic E-state index is -3.24. The maximum Gasteiger partial charge on any atom is 0.224 e. The second kappa shape index (κ2) is 7.98. The van der Waals surface area contributed by atoms with Crippen molar-refractivity contribution in [1.29, 1.82) is 0 Å². The molecule has 1 heterocycles. The zero-order valence-electron chi connectivity index (χ0n) is 16.1. The monoisotopic (exact) mass is 397 g/mol. The van der Waals surface area contributed by atoms with Crippen LogP contribution in [0.1, 0.15) is 23.4 Å². The molecule has 0 aliphatic rings. The van der Waals surface area contributed by atoms with Crippen LogP contribution in [0.3, 0.4) is 0 Å². The van der Waals surface area contributed by atoms with Crippen LogP contribution in [-0.2, 0) is 21.1 Å². The molecule has 0 aliphatic carbocycles. The van der Waals surface area contributed by atoms with Crippen molar-refractivity contribution in [2.75, 3.05) is 11.6 Å². The van der Waals surface area contributed by atoms with Gasteiger partial charge in [-0.25, -0.2) is 13.1 Å². The van der Waals surface area contributed by atoms with E-state index in [-0.39, 0.29) is 10.8 Å². The summed E-state index contributed by atoms with van der Waals surface area (Å²) in [6, 6.07) is 16.2. The van der Waals surface area contributed by atoms with Gasteiger partial charge in [0, 0.05) is 24.1 Å². The first kappa shape index (κ1) is 19.8. The van der Waals surface area contributed by atoms with Gasteiger partial charge in [0.05, 0.1) is 16.3 Å². The van der Waals surface area contributed by atoms with E-state index < -0.39 is 9.84 Å². The summed E-state index contributed by atoms with van der Waals surface area (Å²) in [7, 11) is -3.24. The highest BCUT2D eigenvalue weighted by atomic mass is 32.2. The van der Waals surface area contributed by atoms with Crippen molar-refractivity contribution >= 4 is 21.4 Å². The van der Waals surface area contributed by atoms with Gasteiger partial charge in [-0.3, -0.25) is 4.79 Å². The van der Waals surface area contributed by atoms with E-state index in [4.69, 9.17) is 0 Å². The Labute approximate surface area is 165 Å². The lowest BCUT2D eigenvalue weighted by Gasteiger charge is -2.08. The SMILES string of the molecule is Cc1cc(C)n(-c2ccc(CCC(=O)Nc3ccc(S(C)(=O)=O)cc3)cc2)n1. The lowest BCUT2D eigenvalue weighted by atomic mass is 10.1. The predicted molar refractivity (Wildman–Crippen MR) is 110 cm³/mol. The highest BCUT2D eigenvalue weighted by Gasteiger charge is 2.08. The maximum atomic E-state index is 12.2. The number of hydrogen-bond donors (Lipinski definition) is 1. The number of nitrogens with one attached hydrogen (secondary N) is 1. The molecule has 0 fully saturated rings. The quantitative estimate of drug-likeness (QED) is 0.691. The van der Waals surface area contributed by atoms with Crippen LogP contribution in [0.4, 0.5) is 5.69 Å². The molecule has 1 N–H and O–H groups in total. The molecule has 28 heavy (non-hydrogen) atoms. The van der Waals surface area contributed by atoms with Crippen molar-refractivity contribution in [2.24, 2.45) is 0 Å². The van der Waals surface area contributed by atoms with Crippen molar-refractivity contribution in [1.82, 2.24) is 9.78 Å². The molecule has 0 unspecified atom stereocenters. The molecule has 7 heteroatoms. The molecular weight excluding hydrogens is 374 g/mol. The molecule has 0 aliphatic heterocycles. The number of anilines is 1. The Morgan fingerprint density at radius 2 is 1.68 bits per heavy atom. The van der Waals surface area contributed by atoms with Gasteiger partial charge in [0.1, 0.15) is 0 Å². The largest absolute Gasteiger partial charge is 0.326 e. The molecule has 0 saturated carbocycles. The highest BCUT2D eigenvalue weighted by molar-refractivity contribution is 7.90. The Morgan fingerprint density at radius 3 is 2.21 bits per heavy atom. The number of benzene rings is 2. The third kappa shape index (κ3) is 4.86. The van der Waals surface area contributed by atoms with E-state index in [1.54, 1.807) is 12.1 Å². The first-order valence-electron chi connectivity index (χ1n) is 8.95. The van der Waals surface area contributed by atoms with Crippen LogP contribution in [0.2, 0.25) is 0 Å². The lowest BCUT2D eigenvalue weighted by molar-refractivity contribution is -0.116. The van der Waals surface area contributed by atoms with Crippen LogP contribution >= 0.6 is 0 Å². The highest BCUT2D eigenvalue weighted by Crippen LogP contribution is 2.16. The zero-order valence-corrected chi connectivity index (χ0v) is 17.0. The van der Waals surface area contributed by atoms with E-state index in [0.717, 1.165) is 28.9 Å². The summed E-state index contributed by atoms with van der Waals surface area (Å²) in [5, 5.41) is 7.26. The molecule has 0 atom stereocenters. The maximum absolute atomic E-state index is 12.2. The summed E-state index contributed by atoms with van der Waals surface area (Å²) in [4.78, 5) is 12.4. The number of rotatable bonds is 6. The summed E-state index contributed by atoms with van der Waals surface area (Å²) in [6.45, 7) is 3.98. The molecule has 3 rings (SSSR count). The average Bonchev–Trinajstić information content (AvgIpc) is 2.98. The van der Waals surface area contributed by atoms with Gasteiger partial charge >= 0.3 is 0 Å². The van der Waals surface area contributed by atoms with Gasteiger partial charge in [-0.1, -0.05) is 12.1 Å². The molecule has 1 amide bonds. The Bertz CT molecular complexity index is 1080. The molecule has 0 saturated heterocycles. The van der Waals surface area contributed by atoms with E-state index >= 15 is 0 Å². The Balaban J connectivity index is 1.56. The van der Waals surface area contributed by atoms with Gasteiger partial charge in [-0.15, -0.1) is 0 Å². The minimum Gasteiger partial charge on any atom is -0.326 e. The summed E-state index contributed by atoms with van der Waals surface area (Å²) in [5.74, 6) is -0.116. The molecule has 0 radical (unpaired) electrons. The van der Waals surface area contributed by atoms with Crippen LogP contribution in [0.5, 0.6) is 0 Å². The van der Waals surface area contributed by atoms with E-state index in [1.165, 1.54) is 12.1 Å². The number of nitrogens with zero attached hydrogens (tertiary/aromatic N) is 2. The van der Waals surface area contributed by atoms with Crippen molar-refractivity contribution in [2.45, 2.75) is 31.6 Å². The van der Waals surface area contributed by atoms with Crippen LogP contribution in [0.15, 0.2) is 59.5 Å². The Kier molecular flexibility index (Phi) is 5.65. The van der Waals surface area contributed by atoms with E-state index in [1.807, 2.05) is 48.9 Å². The molecule has 0 spiro atoms. The van der Waals surface area contributed by atoms with Gasteiger partial charge in [0.15, 0.2) is 9.84 Å². The van der Waals surface area contributed by atoms with E-state index in [2.05, 4.69) is 10.4 Å². The molecule has 3 aromatic rings.